The van der Waals surface area contributed by atoms with Gasteiger partial charge in [0.2, 0.25) is 0 Å². The van der Waals surface area contributed by atoms with Gasteiger partial charge in [0, 0.05) is 10.5 Å². The second-order valence-corrected chi connectivity index (χ2v) is 6.39. The SMILES string of the molecule is FC(F)(F)c1ccc2c(c1)N=C(Cl)c1ccsc1S2. The number of nitrogens with zero attached hydrogens (tertiary/aromatic N) is 1. The average molecular weight is 320 g/mol. The quantitative estimate of drug-likeness (QED) is 0.620. The molecule has 2 heterocycles. The molecule has 0 fully saturated rings. The first-order valence-corrected chi connectivity index (χ1v) is 7.24. The van der Waals surface area contributed by atoms with Gasteiger partial charge in [0.15, 0.2) is 0 Å². The normalized spacial score (nSPS) is 14.4. The first kappa shape index (κ1) is 13.0. The molecule has 0 bridgehead atoms. The van der Waals surface area contributed by atoms with Gasteiger partial charge in [-0.15, -0.1) is 11.3 Å². The van der Waals surface area contributed by atoms with E-state index in [0.29, 0.717) is 4.90 Å². The predicted molar refractivity (Wildman–Crippen MR) is 71.9 cm³/mol. The molecule has 1 nitrogen and oxygen atoms in total. The molecule has 0 spiro atoms. The monoisotopic (exact) mass is 319 g/mol. The topological polar surface area (TPSA) is 12.4 Å². The highest BCUT2D eigenvalue weighted by Gasteiger charge is 2.31. The maximum Gasteiger partial charge on any atom is 0.416 e. The van der Waals surface area contributed by atoms with Crippen molar-refractivity contribution in [3.8, 4) is 0 Å². The molecule has 0 saturated carbocycles. The van der Waals surface area contributed by atoms with E-state index >= 15 is 0 Å². The third-order valence-electron chi connectivity index (χ3n) is 2.56. The van der Waals surface area contributed by atoms with Crippen molar-refractivity contribution in [1.82, 2.24) is 0 Å². The molecule has 0 saturated heterocycles. The van der Waals surface area contributed by atoms with Crippen LogP contribution in [0.2, 0.25) is 0 Å². The lowest BCUT2D eigenvalue weighted by molar-refractivity contribution is -0.137. The third-order valence-corrected chi connectivity index (χ3v) is 5.06. The van der Waals surface area contributed by atoms with E-state index in [1.54, 1.807) is 0 Å². The fraction of sp³-hybridized carbons (Fsp3) is 0.0833. The van der Waals surface area contributed by atoms with E-state index in [1.165, 1.54) is 29.2 Å². The Hall–Kier alpha value is -0.980. The maximum absolute atomic E-state index is 12.7. The zero-order chi connectivity index (χ0) is 13.6. The summed E-state index contributed by atoms with van der Waals surface area (Å²) in [6.45, 7) is 0. The second-order valence-electron chi connectivity index (χ2n) is 3.81. The summed E-state index contributed by atoms with van der Waals surface area (Å²) in [4.78, 5) is 4.77. The Labute approximate surface area is 120 Å². The van der Waals surface area contributed by atoms with Gasteiger partial charge in [-0.1, -0.05) is 23.4 Å². The third kappa shape index (κ3) is 2.40. The molecular weight excluding hydrogens is 315 g/mol. The van der Waals surface area contributed by atoms with Crippen molar-refractivity contribution in [2.45, 2.75) is 15.3 Å². The van der Waals surface area contributed by atoms with Crippen molar-refractivity contribution in [2.24, 2.45) is 4.99 Å². The molecule has 0 N–H and O–H groups in total. The minimum atomic E-state index is -4.38. The molecule has 2 aromatic rings. The van der Waals surface area contributed by atoms with Crippen LogP contribution < -0.4 is 0 Å². The molecule has 1 aliphatic heterocycles. The summed E-state index contributed by atoms with van der Waals surface area (Å²) in [5.74, 6) is 0. The summed E-state index contributed by atoms with van der Waals surface area (Å²) in [7, 11) is 0. The Morgan fingerprint density at radius 1 is 1.16 bits per heavy atom. The smallest absolute Gasteiger partial charge is 0.235 e. The highest BCUT2D eigenvalue weighted by atomic mass is 35.5. The fourth-order valence-corrected chi connectivity index (χ4v) is 4.09. The Balaban J connectivity index is 2.15. The van der Waals surface area contributed by atoms with Crippen molar-refractivity contribution in [3.63, 3.8) is 0 Å². The lowest BCUT2D eigenvalue weighted by atomic mass is 10.2. The molecule has 7 heteroatoms. The van der Waals surface area contributed by atoms with Crippen LogP contribution in [-0.4, -0.2) is 5.17 Å². The van der Waals surface area contributed by atoms with Crippen LogP contribution in [0.3, 0.4) is 0 Å². The number of aliphatic imine (C=N–C) groups is 1. The van der Waals surface area contributed by atoms with Gasteiger partial charge in [-0.05, 0) is 29.6 Å². The van der Waals surface area contributed by atoms with Crippen LogP contribution in [-0.2, 0) is 6.18 Å². The number of alkyl halides is 3. The molecule has 0 atom stereocenters. The number of benzene rings is 1. The zero-order valence-corrected chi connectivity index (χ0v) is 11.6. The Kier molecular flexibility index (Phi) is 3.11. The average Bonchev–Trinajstić information content (AvgIpc) is 2.73. The standard InChI is InChI=1S/C12H5ClF3NS2/c13-10-7-3-4-18-11(7)19-9-2-1-6(12(14,15)16)5-8(9)17-10/h1-5H. The molecule has 3 rings (SSSR count). The number of hydrogen-bond acceptors (Lipinski definition) is 3. The van der Waals surface area contributed by atoms with Gasteiger partial charge in [0.1, 0.15) is 5.17 Å². The Bertz CT molecular complexity index is 676. The van der Waals surface area contributed by atoms with Crippen LogP contribution in [0.25, 0.3) is 0 Å². The van der Waals surface area contributed by atoms with Crippen LogP contribution in [0.1, 0.15) is 11.1 Å². The van der Waals surface area contributed by atoms with Crippen molar-refractivity contribution >= 4 is 45.6 Å². The number of hydrogen-bond donors (Lipinski definition) is 0. The van der Waals surface area contributed by atoms with Gasteiger partial charge in [-0.25, -0.2) is 4.99 Å². The minimum absolute atomic E-state index is 0.224. The van der Waals surface area contributed by atoms with Gasteiger partial charge in [-0.2, -0.15) is 13.2 Å². The van der Waals surface area contributed by atoms with E-state index in [0.717, 1.165) is 21.9 Å². The second kappa shape index (κ2) is 4.54. The minimum Gasteiger partial charge on any atom is -0.235 e. The highest BCUT2D eigenvalue weighted by molar-refractivity contribution is 8.01. The molecule has 0 aliphatic carbocycles. The molecule has 19 heavy (non-hydrogen) atoms. The molecule has 1 aliphatic rings. The van der Waals surface area contributed by atoms with Gasteiger partial charge < -0.3 is 0 Å². The molecule has 0 radical (unpaired) electrons. The summed E-state index contributed by atoms with van der Waals surface area (Å²) < 4.78 is 39.0. The molecule has 1 aromatic heterocycles. The van der Waals surface area contributed by atoms with E-state index in [-0.39, 0.29) is 10.9 Å². The fourth-order valence-electron chi connectivity index (χ4n) is 1.66. The van der Waals surface area contributed by atoms with Gasteiger partial charge in [0.05, 0.1) is 15.5 Å². The lowest BCUT2D eigenvalue weighted by Crippen LogP contribution is -2.04. The van der Waals surface area contributed by atoms with Crippen molar-refractivity contribution in [3.05, 3.63) is 40.8 Å². The molecule has 0 unspecified atom stereocenters. The van der Waals surface area contributed by atoms with Crippen molar-refractivity contribution in [1.29, 1.82) is 0 Å². The summed E-state index contributed by atoms with van der Waals surface area (Å²) >= 11 is 8.93. The van der Waals surface area contributed by atoms with E-state index in [2.05, 4.69) is 4.99 Å². The van der Waals surface area contributed by atoms with E-state index in [1.807, 2.05) is 11.4 Å². The lowest BCUT2D eigenvalue weighted by Gasteiger charge is -2.09. The van der Waals surface area contributed by atoms with Crippen LogP contribution in [0, 0.1) is 0 Å². The molecule has 98 valence electrons. The number of fused-ring (bicyclic) bond motifs is 2. The van der Waals surface area contributed by atoms with E-state index in [4.69, 9.17) is 11.6 Å². The number of halogens is 4. The summed E-state index contributed by atoms with van der Waals surface area (Å²) in [5.41, 5.74) is 0.306. The first-order valence-electron chi connectivity index (χ1n) is 5.16. The number of rotatable bonds is 0. The van der Waals surface area contributed by atoms with Crippen LogP contribution in [0.15, 0.2) is 43.7 Å². The van der Waals surface area contributed by atoms with Gasteiger partial charge >= 0.3 is 6.18 Å². The van der Waals surface area contributed by atoms with E-state index in [9.17, 15) is 13.2 Å². The zero-order valence-electron chi connectivity index (χ0n) is 9.16. The van der Waals surface area contributed by atoms with Crippen LogP contribution >= 0.6 is 34.7 Å². The van der Waals surface area contributed by atoms with E-state index < -0.39 is 11.7 Å². The van der Waals surface area contributed by atoms with Gasteiger partial charge in [0.25, 0.3) is 0 Å². The van der Waals surface area contributed by atoms with Crippen molar-refractivity contribution in [2.75, 3.05) is 0 Å². The molecule has 1 aromatic carbocycles. The molecular formula is C12H5ClF3NS2. The summed E-state index contributed by atoms with van der Waals surface area (Å²) in [5, 5.41) is 2.10. The van der Waals surface area contributed by atoms with Crippen LogP contribution in [0.5, 0.6) is 0 Å². The molecule has 0 amide bonds. The first-order chi connectivity index (χ1) is 8.95. The number of thiophene rings is 1. The Morgan fingerprint density at radius 2 is 1.95 bits per heavy atom. The van der Waals surface area contributed by atoms with Crippen LogP contribution in [0.4, 0.5) is 18.9 Å². The highest BCUT2D eigenvalue weighted by Crippen LogP contribution is 2.45. The predicted octanol–water partition coefficient (Wildman–Crippen LogP) is 5.55. The van der Waals surface area contributed by atoms with Crippen molar-refractivity contribution < 1.29 is 13.2 Å². The maximum atomic E-state index is 12.7. The summed E-state index contributed by atoms with van der Waals surface area (Å²) in [6, 6.07) is 5.34. The van der Waals surface area contributed by atoms with Gasteiger partial charge in [-0.3, -0.25) is 0 Å². The Morgan fingerprint density at radius 3 is 2.68 bits per heavy atom. The summed E-state index contributed by atoms with van der Waals surface area (Å²) in [6.07, 6.45) is -4.38. The largest absolute Gasteiger partial charge is 0.416 e.